The average molecular weight is 604 g/mol. The zero-order chi connectivity index (χ0) is 31.3. The molecule has 9 rings (SSSR count). The van der Waals surface area contributed by atoms with Crippen LogP contribution in [0.4, 0.5) is 11.4 Å². The Labute approximate surface area is 274 Å². The van der Waals surface area contributed by atoms with Gasteiger partial charge in [-0.2, -0.15) is 0 Å². The molecule has 0 fully saturated rings. The monoisotopic (exact) mass is 603 g/mol. The van der Waals surface area contributed by atoms with E-state index in [2.05, 4.69) is 182 Å². The highest BCUT2D eigenvalue weighted by molar-refractivity contribution is 6.22. The van der Waals surface area contributed by atoms with E-state index in [1.807, 2.05) is 0 Å². The van der Waals surface area contributed by atoms with Gasteiger partial charge in [0, 0.05) is 27.9 Å². The van der Waals surface area contributed by atoms with Gasteiger partial charge in [0.15, 0.2) is 0 Å². The Morgan fingerprint density at radius 3 is 1.98 bits per heavy atom. The fraction of sp³-hybridized carbons (Fsp3) is 0.0667. The maximum Gasteiger partial charge on any atom is 0.143 e. The quantitative estimate of drug-likeness (QED) is 0.195. The third-order valence-electron chi connectivity index (χ3n) is 9.84. The molecule has 0 amide bonds. The number of para-hydroxylation sites is 1. The number of hydrogen-bond donors (Lipinski definition) is 0. The van der Waals surface area contributed by atoms with Gasteiger partial charge in [0.05, 0.1) is 17.1 Å². The van der Waals surface area contributed by atoms with E-state index in [-0.39, 0.29) is 12.0 Å². The molecule has 8 aromatic rings. The van der Waals surface area contributed by atoms with Crippen molar-refractivity contribution in [2.75, 3.05) is 4.90 Å². The molecule has 2 heteroatoms. The molecule has 224 valence electrons. The van der Waals surface area contributed by atoms with Gasteiger partial charge in [0.1, 0.15) is 11.2 Å². The molecular weight excluding hydrogens is 571 g/mol. The summed E-state index contributed by atoms with van der Waals surface area (Å²) in [6.07, 6.45) is 4.69. The van der Waals surface area contributed by atoms with Gasteiger partial charge in [-0.3, -0.25) is 0 Å². The van der Waals surface area contributed by atoms with Gasteiger partial charge in [0.2, 0.25) is 0 Å². The Kier molecular flexibility index (Phi) is 6.53. The van der Waals surface area contributed by atoms with Crippen LogP contribution in [0.5, 0.6) is 0 Å². The maximum atomic E-state index is 6.82. The summed E-state index contributed by atoms with van der Waals surface area (Å²) in [5.41, 5.74) is 11.6. The molecule has 47 heavy (non-hydrogen) atoms. The molecule has 0 aliphatic heterocycles. The second kappa shape index (κ2) is 11.2. The summed E-state index contributed by atoms with van der Waals surface area (Å²) in [6, 6.07) is 56.6. The van der Waals surface area contributed by atoms with Gasteiger partial charge in [-0.15, -0.1) is 0 Å². The molecule has 1 aromatic heterocycles. The lowest BCUT2D eigenvalue weighted by atomic mass is 9.83. The third kappa shape index (κ3) is 4.48. The van der Waals surface area contributed by atoms with Crippen molar-refractivity contribution in [1.82, 2.24) is 0 Å². The minimum atomic E-state index is 0.0689. The van der Waals surface area contributed by atoms with E-state index in [0.717, 1.165) is 33.0 Å². The van der Waals surface area contributed by atoms with Crippen molar-refractivity contribution in [3.8, 4) is 22.3 Å². The van der Waals surface area contributed by atoms with Crippen LogP contribution in [0.25, 0.3) is 61.0 Å². The zero-order valence-corrected chi connectivity index (χ0v) is 26.2. The number of hydrogen-bond acceptors (Lipinski definition) is 2. The summed E-state index contributed by atoms with van der Waals surface area (Å²) in [4.78, 5) is 2.56. The summed E-state index contributed by atoms with van der Waals surface area (Å²) >= 11 is 0. The summed E-state index contributed by atoms with van der Waals surface area (Å²) in [5.74, 6) is 0.245. The van der Waals surface area contributed by atoms with E-state index >= 15 is 0 Å². The fourth-order valence-electron chi connectivity index (χ4n) is 7.62. The van der Waals surface area contributed by atoms with Crippen LogP contribution in [-0.4, -0.2) is 6.04 Å². The minimum absolute atomic E-state index is 0.0689. The van der Waals surface area contributed by atoms with Crippen molar-refractivity contribution < 1.29 is 4.42 Å². The van der Waals surface area contributed by atoms with Crippen LogP contribution in [0, 0.1) is 0 Å². The van der Waals surface area contributed by atoms with Crippen LogP contribution in [-0.2, 0) is 0 Å². The van der Waals surface area contributed by atoms with Gasteiger partial charge >= 0.3 is 0 Å². The SMILES string of the molecule is CC1c2ccccc2C=CC1N(c1ccccc1-c1ccccc1)c1cccc2oc3c4ccccc4c(-c4ccccc4)cc3c12. The van der Waals surface area contributed by atoms with Crippen LogP contribution in [0.3, 0.4) is 0 Å². The summed E-state index contributed by atoms with van der Waals surface area (Å²) in [5, 5.41) is 4.58. The Hall–Kier alpha value is -5.86. The van der Waals surface area contributed by atoms with Crippen LogP contribution in [0.15, 0.2) is 168 Å². The Balaban J connectivity index is 1.36. The number of rotatable bonds is 5. The molecule has 1 aliphatic carbocycles. The van der Waals surface area contributed by atoms with E-state index in [0.29, 0.717) is 0 Å². The van der Waals surface area contributed by atoms with Crippen molar-refractivity contribution in [2.24, 2.45) is 0 Å². The van der Waals surface area contributed by atoms with Crippen molar-refractivity contribution >= 4 is 50.2 Å². The molecule has 0 saturated heterocycles. The normalized spacial score (nSPS) is 15.7. The Morgan fingerprint density at radius 1 is 0.532 bits per heavy atom. The molecule has 7 aromatic carbocycles. The van der Waals surface area contributed by atoms with Crippen molar-refractivity contribution in [3.05, 3.63) is 175 Å². The lowest BCUT2D eigenvalue weighted by Crippen LogP contribution is -2.36. The molecule has 0 radical (unpaired) electrons. The van der Waals surface area contributed by atoms with E-state index < -0.39 is 0 Å². The molecule has 2 nitrogen and oxygen atoms in total. The fourth-order valence-corrected chi connectivity index (χ4v) is 7.62. The van der Waals surface area contributed by atoms with Gasteiger partial charge in [-0.05, 0) is 57.5 Å². The molecule has 0 N–H and O–H groups in total. The van der Waals surface area contributed by atoms with Gasteiger partial charge in [-0.25, -0.2) is 0 Å². The number of benzene rings is 7. The van der Waals surface area contributed by atoms with E-state index in [4.69, 9.17) is 4.42 Å². The lowest BCUT2D eigenvalue weighted by Gasteiger charge is -2.39. The molecule has 0 spiro atoms. The number of nitrogens with zero attached hydrogens (tertiary/aromatic N) is 1. The zero-order valence-electron chi connectivity index (χ0n) is 26.2. The summed E-state index contributed by atoms with van der Waals surface area (Å²) in [6.45, 7) is 2.36. The van der Waals surface area contributed by atoms with Gasteiger partial charge in [0.25, 0.3) is 0 Å². The molecule has 2 unspecified atom stereocenters. The Morgan fingerprint density at radius 2 is 1.17 bits per heavy atom. The van der Waals surface area contributed by atoms with Gasteiger partial charge < -0.3 is 9.32 Å². The standard InChI is InChI=1S/C45H33NO/c1-30-34-20-9-8-19-33(34)27-28-40(30)46(41-24-13-12-21-35(41)31-15-4-2-5-16-31)42-25-14-26-43-44(42)39-29-38(32-17-6-3-7-18-32)36-22-10-11-23-37(36)45(39)47-43/h2-30,40H,1H3. The highest BCUT2D eigenvalue weighted by Gasteiger charge is 2.32. The average Bonchev–Trinajstić information content (AvgIpc) is 3.53. The molecule has 1 heterocycles. The van der Waals surface area contributed by atoms with Crippen molar-refractivity contribution in [2.45, 2.75) is 18.9 Å². The van der Waals surface area contributed by atoms with Crippen molar-refractivity contribution in [3.63, 3.8) is 0 Å². The first-order chi connectivity index (χ1) is 23.3. The topological polar surface area (TPSA) is 16.4 Å². The first kappa shape index (κ1) is 27.5. The second-order valence-electron chi connectivity index (χ2n) is 12.5. The number of fused-ring (bicyclic) bond motifs is 6. The lowest BCUT2D eigenvalue weighted by molar-refractivity contribution is 0.641. The van der Waals surface area contributed by atoms with Crippen LogP contribution in [0.1, 0.15) is 24.0 Å². The molecule has 0 bridgehead atoms. The largest absolute Gasteiger partial charge is 0.455 e. The third-order valence-corrected chi connectivity index (χ3v) is 9.84. The molecule has 1 aliphatic rings. The summed E-state index contributed by atoms with van der Waals surface area (Å²) in [7, 11) is 0. The predicted molar refractivity (Wildman–Crippen MR) is 198 cm³/mol. The maximum absolute atomic E-state index is 6.82. The number of furan rings is 1. The smallest absolute Gasteiger partial charge is 0.143 e. The summed E-state index contributed by atoms with van der Waals surface area (Å²) < 4.78 is 6.82. The highest BCUT2D eigenvalue weighted by Crippen LogP contribution is 2.48. The van der Waals surface area contributed by atoms with Crippen LogP contribution < -0.4 is 4.90 Å². The van der Waals surface area contributed by atoms with Crippen LogP contribution >= 0.6 is 0 Å². The van der Waals surface area contributed by atoms with E-state index in [1.165, 1.54) is 44.5 Å². The second-order valence-corrected chi connectivity index (χ2v) is 12.5. The first-order valence-corrected chi connectivity index (χ1v) is 16.4. The number of anilines is 2. The first-order valence-electron chi connectivity index (χ1n) is 16.4. The molecular formula is C45H33NO. The Bertz CT molecular complexity index is 2440. The molecule has 2 atom stereocenters. The highest BCUT2D eigenvalue weighted by atomic mass is 16.3. The predicted octanol–water partition coefficient (Wildman–Crippen LogP) is 12.4. The van der Waals surface area contributed by atoms with E-state index in [1.54, 1.807) is 0 Å². The minimum Gasteiger partial charge on any atom is -0.455 e. The van der Waals surface area contributed by atoms with E-state index in [9.17, 15) is 0 Å². The van der Waals surface area contributed by atoms with Gasteiger partial charge in [-0.1, -0.05) is 153 Å². The van der Waals surface area contributed by atoms with Crippen LogP contribution in [0.2, 0.25) is 0 Å². The van der Waals surface area contributed by atoms with Crippen molar-refractivity contribution in [1.29, 1.82) is 0 Å². The molecule has 0 saturated carbocycles.